The van der Waals surface area contributed by atoms with Gasteiger partial charge >= 0.3 is 0 Å². The van der Waals surface area contributed by atoms with Crippen LogP contribution in [0.25, 0.3) is 5.65 Å². The van der Waals surface area contributed by atoms with Crippen LogP contribution in [0.1, 0.15) is 18.1 Å². The Labute approximate surface area is 114 Å². The molecular formula is C14H12N4O2. The Hall–Kier alpha value is -2.63. The first kappa shape index (κ1) is 11.2. The van der Waals surface area contributed by atoms with E-state index in [0.29, 0.717) is 11.6 Å². The fourth-order valence-corrected chi connectivity index (χ4v) is 2.43. The summed E-state index contributed by atoms with van der Waals surface area (Å²) in [6, 6.07) is 9.34. The molecule has 0 radical (unpaired) electrons. The Bertz CT molecular complexity index is 762. The molecule has 0 unspecified atom stereocenters. The van der Waals surface area contributed by atoms with Gasteiger partial charge in [-0.2, -0.15) is 0 Å². The smallest absolute Gasteiger partial charge is 0.235 e. The molecule has 3 aromatic rings. The highest BCUT2D eigenvalue weighted by Gasteiger charge is 2.46. The standard InChI is InChI=1S/C14H12N4O2/c19-13(10-8-9(10)11-4-3-7-20-11)15-14-17-16-12-5-1-2-6-18(12)14/h1-7,9-10H,8H2,(H,15,17,19)/t9-,10-/m1/s1. The van der Waals surface area contributed by atoms with Crippen molar-refractivity contribution in [3.05, 3.63) is 48.6 Å². The van der Waals surface area contributed by atoms with Gasteiger partial charge in [-0.25, -0.2) is 0 Å². The summed E-state index contributed by atoms with van der Waals surface area (Å²) < 4.78 is 7.08. The van der Waals surface area contributed by atoms with E-state index in [1.54, 1.807) is 10.7 Å². The molecule has 6 nitrogen and oxygen atoms in total. The molecule has 100 valence electrons. The van der Waals surface area contributed by atoms with Crippen molar-refractivity contribution in [3.63, 3.8) is 0 Å². The first-order chi connectivity index (χ1) is 9.83. The van der Waals surface area contributed by atoms with Crippen molar-refractivity contribution in [2.24, 2.45) is 5.92 Å². The van der Waals surface area contributed by atoms with Gasteiger partial charge in [0.1, 0.15) is 5.76 Å². The number of fused-ring (bicyclic) bond motifs is 1. The first-order valence-electron chi connectivity index (χ1n) is 6.47. The second-order valence-electron chi connectivity index (χ2n) is 4.91. The molecule has 0 bridgehead atoms. The van der Waals surface area contributed by atoms with E-state index < -0.39 is 0 Å². The van der Waals surface area contributed by atoms with Crippen molar-refractivity contribution < 1.29 is 9.21 Å². The zero-order chi connectivity index (χ0) is 13.5. The van der Waals surface area contributed by atoms with E-state index in [-0.39, 0.29) is 17.7 Å². The molecule has 1 aliphatic carbocycles. The average molecular weight is 268 g/mol. The molecule has 0 aromatic carbocycles. The average Bonchev–Trinajstić information content (AvgIpc) is 2.92. The number of pyridine rings is 1. The summed E-state index contributed by atoms with van der Waals surface area (Å²) >= 11 is 0. The molecule has 0 spiro atoms. The Balaban J connectivity index is 1.51. The third kappa shape index (κ3) is 1.77. The molecule has 3 aromatic heterocycles. The van der Waals surface area contributed by atoms with Crippen molar-refractivity contribution in [2.75, 3.05) is 5.32 Å². The van der Waals surface area contributed by atoms with Crippen molar-refractivity contribution in [1.29, 1.82) is 0 Å². The zero-order valence-electron chi connectivity index (χ0n) is 10.6. The van der Waals surface area contributed by atoms with E-state index in [4.69, 9.17) is 4.42 Å². The Morgan fingerprint density at radius 2 is 2.25 bits per heavy atom. The molecule has 2 atom stereocenters. The summed E-state index contributed by atoms with van der Waals surface area (Å²) in [5.41, 5.74) is 0.709. The number of nitrogens with zero attached hydrogens (tertiary/aromatic N) is 3. The second-order valence-corrected chi connectivity index (χ2v) is 4.91. The largest absolute Gasteiger partial charge is 0.469 e. The number of rotatable bonds is 3. The van der Waals surface area contributed by atoms with Crippen LogP contribution < -0.4 is 5.32 Å². The molecule has 1 saturated carbocycles. The van der Waals surface area contributed by atoms with Gasteiger partial charge in [0.2, 0.25) is 11.9 Å². The highest BCUT2D eigenvalue weighted by molar-refractivity contribution is 5.94. The Morgan fingerprint density at radius 1 is 1.30 bits per heavy atom. The number of aromatic nitrogens is 3. The third-order valence-corrected chi connectivity index (χ3v) is 3.58. The summed E-state index contributed by atoms with van der Waals surface area (Å²) in [5, 5.41) is 10.8. The zero-order valence-corrected chi connectivity index (χ0v) is 10.6. The van der Waals surface area contributed by atoms with E-state index in [9.17, 15) is 4.79 Å². The quantitative estimate of drug-likeness (QED) is 0.789. The van der Waals surface area contributed by atoms with Crippen molar-refractivity contribution in [3.8, 4) is 0 Å². The van der Waals surface area contributed by atoms with Gasteiger partial charge < -0.3 is 4.42 Å². The summed E-state index contributed by atoms with van der Waals surface area (Å²) in [4.78, 5) is 12.2. The lowest BCUT2D eigenvalue weighted by Gasteiger charge is -2.02. The lowest BCUT2D eigenvalue weighted by Crippen LogP contribution is -2.16. The van der Waals surface area contributed by atoms with Crippen molar-refractivity contribution >= 4 is 17.5 Å². The topological polar surface area (TPSA) is 72.4 Å². The number of carbonyl (C=O) groups is 1. The number of amides is 1. The summed E-state index contributed by atoms with van der Waals surface area (Å²) in [6.45, 7) is 0. The molecule has 6 heteroatoms. The minimum atomic E-state index is -0.0442. The number of carbonyl (C=O) groups excluding carboxylic acids is 1. The van der Waals surface area contributed by atoms with Gasteiger partial charge in [0, 0.05) is 18.0 Å². The highest BCUT2D eigenvalue weighted by atomic mass is 16.3. The first-order valence-corrected chi connectivity index (χ1v) is 6.47. The van der Waals surface area contributed by atoms with E-state index in [1.807, 2.05) is 36.5 Å². The van der Waals surface area contributed by atoms with Crippen LogP contribution in [0.5, 0.6) is 0 Å². The molecule has 1 fully saturated rings. The normalized spacial score (nSPS) is 21.0. The van der Waals surface area contributed by atoms with Crippen LogP contribution in [0.15, 0.2) is 47.2 Å². The number of hydrogen-bond acceptors (Lipinski definition) is 4. The molecule has 1 amide bonds. The molecule has 1 aliphatic rings. The minimum Gasteiger partial charge on any atom is -0.469 e. The van der Waals surface area contributed by atoms with Gasteiger partial charge in [-0.1, -0.05) is 6.07 Å². The maximum Gasteiger partial charge on any atom is 0.235 e. The predicted octanol–water partition coefficient (Wildman–Crippen LogP) is 2.06. The molecule has 3 heterocycles. The fourth-order valence-electron chi connectivity index (χ4n) is 2.43. The second kappa shape index (κ2) is 4.19. The van der Waals surface area contributed by atoms with Gasteiger partial charge in [-0.05, 0) is 30.7 Å². The van der Waals surface area contributed by atoms with Crippen LogP contribution >= 0.6 is 0 Å². The Morgan fingerprint density at radius 3 is 3.10 bits per heavy atom. The number of furan rings is 1. The monoisotopic (exact) mass is 268 g/mol. The van der Waals surface area contributed by atoms with Crippen LogP contribution in [-0.2, 0) is 4.79 Å². The van der Waals surface area contributed by atoms with Crippen molar-refractivity contribution in [1.82, 2.24) is 14.6 Å². The predicted molar refractivity (Wildman–Crippen MR) is 71.2 cm³/mol. The lowest BCUT2D eigenvalue weighted by atomic mass is 10.2. The van der Waals surface area contributed by atoms with Crippen LogP contribution in [0.2, 0.25) is 0 Å². The van der Waals surface area contributed by atoms with Crippen LogP contribution in [-0.4, -0.2) is 20.5 Å². The lowest BCUT2D eigenvalue weighted by molar-refractivity contribution is -0.117. The fraction of sp³-hybridized carbons (Fsp3) is 0.214. The molecule has 1 N–H and O–H groups in total. The van der Waals surface area contributed by atoms with Gasteiger partial charge in [0.15, 0.2) is 5.65 Å². The number of anilines is 1. The number of nitrogens with one attached hydrogen (secondary N) is 1. The van der Waals surface area contributed by atoms with Gasteiger partial charge in [0.05, 0.1) is 6.26 Å². The van der Waals surface area contributed by atoms with Gasteiger partial charge in [-0.3, -0.25) is 14.5 Å². The van der Waals surface area contributed by atoms with Crippen molar-refractivity contribution in [2.45, 2.75) is 12.3 Å². The maximum atomic E-state index is 12.2. The summed E-state index contributed by atoms with van der Waals surface area (Å²) in [5.74, 6) is 1.43. The van der Waals surface area contributed by atoms with E-state index in [0.717, 1.165) is 12.2 Å². The minimum absolute atomic E-state index is 0.0375. The van der Waals surface area contributed by atoms with Gasteiger partial charge in [0.25, 0.3) is 0 Å². The van der Waals surface area contributed by atoms with E-state index in [2.05, 4.69) is 15.5 Å². The van der Waals surface area contributed by atoms with E-state index in [1.165, 1.54) is 0 Å². The van der Waals surface area contributed by atoms with E-state index >= 15 is 0 Å². The SMILES string of the molecule is O=C(Nc1nnc2ccccn12)[C@@H]1C[C@H]1c1ccco1. The Kier molecular flexibility index (Phi) is 2.35. The number of hydrogen-bond donors (Lipinski definition) is 1. The molecular weight excluding hydrogens is 256 g/mol. The summed E-state index contributed by atoms with van der Waals surface area (Å²) in [7, 11) is 0. The molecule has 0 saturated heterocycles. The van der Waals surface area contributed by atoms with Crippen LogP contribution in [0, 0.1) is 5.92 Å². The molecule has 0 aliphatic heterocycles. The maximum absolute atomic E-state index is 12.2. The highest BCUT2D eigenvalue weighted by Crippen LogP contribution is 2.48. The van der Waals surface area contributed by atoms with Crippen LogP contribution in [0.3, 0.4) is 0 Å². The third-order valence-electron chi connectivity index (χ3n) is 3.58. The van der Waals surface area contributed by atoms with Gasteiger partial charge in [-0.15, -0.1) is 10.2 Å². The molecule has 4 rings (SSSR count). The molecule has 20 heavy (non-hydrogen) atoms. The van der Waals surface area contributed by atoms with Crippen LogP contribution in [0.4, 0.5) is 5.95 Å². The summed E-state index contributed by atoms with van der Waals surface area (Å²) in [6.07, 6.45) is 4.27.